The molecule has 0 amide bonds. The zero-order valence-corrected chi connectivity index (χ0v) is 7.85. The van der Waals surface area contributed by atoms with E-state index in [1.807, 2.05) is 28.4 Å². The summed E-state index contributed by atoms with van der Waals surface area (Å²) in [6.45, 7) is 0. The van der Waals surface area contributed by atoms with Crippen molar-refractivity contribution in [1.29, 1.82) is 0 Å². The second-order valence-corrected chi connectivity index (χ2v) is 3.57. The zero-order chi connectivity index (χ0) is 8.39. The predicted octanol–water partition coefficient (Wildman–Crippen LogP) is 2.67. The van der Waals surface area contributed by atoms with Gasteiger partial charge in [-0.1, -0.05) is 0 Å². The van der Waals surface area contributed by atoms with Gasteiger partial charge in [0.05, 0.1) is 12.1 Å². The van der Waals surface area contributed by atoms with E-state index in [9.17, 15) is 0 Å². The van der Waals surface area contributed by atoms with Crippen molar-refractivity contribution in [2.24, 2.45) is 0 Å². The molecule has 0 fully saturated rings. The molecule has 0 radical (unpaired) electrons. The Labute approximate surface area is 79.4 Å². The van der Waals surface area contributed by atoms with Crippen molar-refractivity contribution in [3.05, 3.63) is 35.5 Å². The maximum absolute atomic E-state index is 5.65. The normalized spacial score (nSPS) is 10.4. The first-order valence-electron chi connectivity index (χ1n) is 3.53. The third-order valence-electron chi connectivity index (χ3n) is 1.52. The summed E-state index contributed by atoms with van der Waals surface area (Å²) < 4.78 is 1.84. The van der Waals surface area contributed by atoms with E-state index in [1.54, 1.807) is 17.5 Å². The highest BCUT2D eigenvalue weighted by Crippen LogP contribution is 2.14. The highest BCUT2D eigenvalue weighted by Gasteiger charge is 1.99. The minimum atomic E-state index is 0.519. The van der Waals surface area contributed by atoms with Gasteiger partial charge in [-0.25, -0.2) is 4.68 Å². The molecule has 2 heterocycles. The molecule has 2 aromatic heterocycles. The monoisotopic (exact) mass is 198 g/mol. The molecule has 2 rings (SSSR count). The van der Waals surface area contributed by atoms with Crippen LogP contribution in [-0.2, 0) is 5.88 Å². The van der Waals surface area contributed by atoms with Gasteiger partial charge in [0.1, 0.15) is 5.00 Å². The quantitative estimate of drug-likeness (QED) is 0.679. The first-order chi connectivity index (χ1) is 5.90. The molecule has 0 spiro atoms. The molecule has 4 heteroatoms. The lowest BCUT2D eigenvalue weighted by Crippen LogP contribution is -1.88. The molecule has 0 atom stereocenters. The number of rotatable bonds is 2. The molecule has 0 N–H and O–H groups in total. The smallest absolute Gasteiger partial charge is 0.117 e. The Bertz CT molecular complexity index is 353. The topological polar surface area (TPSA) is 17.8 Å². The second kappa shape index (κ2) is 3.29. The average Bonchev–Trinajstić information content (AvgIpc) is 2.75. The summed E-state index contributed by atoms with van der Waals surface area (Å²) in [5.74, 6) is 0.519. The Morgan fingerprint density at radius 2 is 2.50 bits per heavy atom. The maximum Gasteiger partial charge on any atom is 0.117 e. The zero-order valence-electron chi connectivity index (χ0n) is 6.27. The number of hydrogen-bond acceptors (Lipinski definition) is 2. The Balaban J connectivity index is 2.35. The van der Waals surface area contributed by atoms with Gasteiger partial charge in [-0.05, 0) is 17.5 Å². The molecule has 12 heavy (non-hydrogen) atoms. The van der Waals surface area contributed by atoms with Gasteiger partial charge < -0.3 is 0 Å². The van der Waals surface area contributed by atoms with Crippen molar-refractivity contribution in [2.45, 2.75) is 5.88 Å². The van der Waals surface area contributed by atoms with Gasteiger partial charge in [0, 0.05) is 11.8 Å². The van der Waals surface area contributed by atoms with Crippen molar-refractivity contribution in [3.8, 4) is 5.00 Å². The van der Waals surface area contributed by atoms with Crippen LogP contribution in [0.3, 0.4) is 0 Å². The third-order valence-corrected chi connectivity index (χ3v) is 2.69. The van der Waals surface area contributed by atoms with Crippen LogP contribution in [-0.4, -0.2) is 9.78 Å². The van der Waals surface area contributed by atoms with Gasteiger partial charge in [0.15, 0.2) is 0 Å². The van der Waals surface area contributed by atoms with E-state index in [4.69, 9.17) is 11.6 Å². The molecule has 0 aromatic carbocycles. The summed E-state index contributed by atoms with van der Waals surface area (Å²) in [4.78, 5) is 0. The molecular formula is C8H7ClN2S. The molecule has 0 saturated carbocycles. The highest BCUT2D eigenvalue weighted by molar-refractivity contribution is 7.12. The summed E-state index contributed by atoms with van der Waals surface area (Å²) in [5, 5.41) is 7.31. The number of thiophene rings is 1. The minimum absolute atomic E-state index is 0.519. The number of hydrogen-bond donors (Lipinski definition) is 0. The van der Waals surface area contributed by atoms with E-state index in [0.29, 0.717) is 5.88 Å². The molecule has 0 aliphatic heterocycles. The van der Waals surface area contributed by atoms with Gasteiger partial charge in [0.2, 0.25) is 0 Å². The lowest BCUT2D eigenvalue weighted by Gasteiger charge is -1.92. The van der Waals surface area contributed by atoms with E-state index in [0.717, 1.165) is 10.6 Å². The standard InChI is InChI=1S/C8H7ClN2S/c9-4-7-5-10-11(6-7)8-2-1-3-12-8/h1-3,5-6H,4H2. The fourth-order valence-corrected chi connectivity index (χ4v) is 1.75. The van der Waals surface area contributed by atoms with Crippen LogP contribution >= 0.6 is 22.9 Å². The van der Waals surface area contributed by atoms with Crippen LogP contribution in [0.25, 0.3) is 5.00 Å². The molecule has 2 nitrogen and oxygen atoms in total. The Morgan fingerprint density at radius 1 is 1.58 bits per heavy atom. The summed E-state index contributed by atoms with van der Waals surface area (Å²) in [6, 6.07) is 4.03. The molecular weight excluding hydrogens is 192 g/mol. The van der Waals surface area contributed by atoms with E-state index < -0.39 is 0 Å². The molecule has 0 aliphatic carbocycles. The summed E-state index contributed by atoms with van der Waals surface area (Å²) >= 11 is 7.31. The maximum atomic E-state index is 5.65. The lowest BCUT2D eigenvalue weighted by atomic mass is 10.4. The van der Waals surface area contributed by atoms with Crippen molar-refractivity contribution in [2.75, 3.05) is 0 Å². The molecule has 62 valence electrons. The van der Waals surface area contributed by atoms with E-state index in [2.05, 4.69) is 5.10 Å². The Morgan fingerprint density at radius 3 is 3.08 bits per heavy atom. The lowest BCUT2D eigenvalue weighted by molar-refractivity contribution is 0.897. The largest absolute Gasteiger partial charge is 0.231 e. The van der Waals surface area contributed by atoms with E-state index in [-0.39, 0.29) is 0 Å². The molecule has 2 aromatic rings. The molecule has 0 bridgehead atoms. The molecule has 0 aliphatic rings. The van der Waals surface area contributed by atoms with Crippen LogP contribution in [0.4, 0.5) is 0 Å². The van der Waals surface area contributed by atoms with Crippen LogP contribution in [0.1, 0.15) is 5.56 Å². The number of alkyl halides is 1. The van der Waals surface area contributed by atoms with Gasteiger partial charge in [-0.3, -0.25) is 0 Å². The number of halogens is 1. The van der Waals surface area contributed by atoms with Crippen molar-refractivity contribution in [3.63, 3.8) is 0 Å². The second-order valence-electron chi connectivity index (χ2n) is 2.38. The van der Waals surface area contributed by atoms with Crippen LogP contribution in [0.5, 0.6) is 0 Å². The molecule has 0 unspecified atom stereocenters. The fourth-order valence-electron chi connectivity index (χ4n) is 0.950. The van der Waals surface area contributed by atoms with Gasteiger partial charge >= 0.3 is 0 Å². The number of aromatic nitrogens is 2. The average molecular weight is 199 g/mol. The summed E-state index contributed by atoms with van der Waals surface area (Å²) in [6.07, 6.45) is 3.73. The van der Waals surface area contributed by atoms with Gasteiger partial charge in [-0.2, -0.15) is 5.10 Å². The Kier molecular flexibility index (Phi) is 2.15. The SMILES string of the molecule is ClCc1cnn(-c2cccs2)c1. The highest BCUT2D eigenvalue weighted by atomic mass is 35.5. The van der Waals surface area contributed by atoms with Crippen LogP contribution in [0.2, 0.25) is 0 Å². The first-order valence-corrected chi connectivity index (χ1v) is 4.95. The van der Waals surface area contributed by atoms with Crippen LogP contribution < -0.4 is 0 Å². The van der Waals surface area contributed by atoms with Gasteiger partial charge in [0.25, 0.3) is 0 Å². The summed E-state index contributed by atoms with van der Waals surface area (Å²) in [7, 11) is 0. The predicted molar refractivity (Wildman–Crippen MR) is 51.0 cm³/mol. The van der Waals surface area contributed by atoms with Crippen LogP contribution in [0.15, 0.2) is 29.9 Å². The number of nitrogens with zero attached hydrogens (tertiary/aromatic N) is 2. The Hall–Kier alpha value is -0.800. The first kappa shape index (κ1) is 7.83. The van der Waals surface area contributed by atoms with Crippen molar-refractivity contribution < 1.29 is 0 Å². The molecule has 0 saturated heterocycles. The van der Waals surface area contributed by atoms with Crippen LogP contribution in [0, 0.1) is 0 Å². The van der Waals surface area contributed by atoms with E-state index >= 15 is 0 Å². The fraction of sp³-hybridized carbons (Fsp3) is 0.125. The van der Waals surface area contributed by atoms with Crippen molar-refractivity contribution in [1.82, 2.24) is 9.78 Å². The van der Waals surface area contributed by atoms with Crippen molar-refractivity contribution >= 4 is 22.9 Å². The van der Waals surface area contributed by atoms with Gasteiger partial charge in [-0.15, -0.1) is 22.9 Å². The van der Waals surface area contributed by atoms with E-state index in [1.165, 1.54) is 0 Å². The summed E-state index contributed by atoms with van der Waals surface area (Å²) in [5.41, 5.74) is 1.05. The minimum Gasteiger partial charge on any atom is -0.231 e. The third kappa shape index (κ3) is 1.38.